The summed E-state index contributed by atoms with van der Waals surface area (Å²) >= 11 is 0. The highest BCUT2D eigenvalue weighted by Crippen LogP contribution is 2.60. The molecule has 0 aliphatic heterocycles. The highest BCUT2D eigenvalue weighted by Gasteiger charge is 2.51. The molecule has 0 saturated heterocycles. The summed E-state index contributed by atoms with van der Waals surface area (Å²) in [6, 6.07) is 7.05. The number of carbonyl (C=O) groups is 2. The number of aliphatic carboxylic acids is 1. The summed E-state index contributed by atoms with van der Waals surface area (Å²) in [6.07, 6.45) is 8.19. The fourth-order valence-corrected chi connectivity index (χ4v) is 5.78. The zero-order valence-electron chi connectivity index (χ0n) is 14.1. The summed E-state index contributed by atoms with van der Waals surface area (Å²) in [5, 5.41) is 11.4. The number of carboxylic acids is 1. The van der Waals surface area contributed by atoms with E-state index in [1.54, 1.807) is 0 Å². The van der Waals surface area contributed by atoms with Gasteiger partial charge in [-0.05, 0) is 86.3 Å². The average Bonchev–Trinajstić information content (AvgIpc) is 2.53. The number of hydrogen-bond donors (Lipinski definition) is 2. The molecule has 0 spiro atoms. The van der Waals surface area contributed by atoms with Crippen molar-refractivity contribution in [2.24, 2.45) is 17.8 Å². The summed E-state index contributed by atoms with van der Waals surface area (Å²) in [5.74, 6) is 1.36. The molecular weight excluding hydrogens is 302 g/mol. The molecule has 4 bridgehead atoms. The largest absolute Gasteiger partial charge is 0.480 e. The van der Waals surface area contributed by atoms with Crippen LogP contribution >= 0.6 is 0 Å². The van der Waals surface area contributed by atoms with E-state index in [0.717, 1.165) is 17.8 Å². The maximum atomic E-state index is 12.1. The second-order valence-electron chi connectivity index (χ2n) is 8.31. The Balaban J connectivity index is 1.52. The molecule has 0 aromatic heterocycles. The Bertz CT molecular complexity index is 629. The topological polar surface area (TPSA) is 66.4 Å². The van der Waals surface area contributed by atoms with Gasteiger partial charge in [0.1, 0.15) is 6.04 Å². The molecule has 4 heteroatoms. The van der Waals surface area contributed by atoms with Gasteiger partial charge in [0.15, 0.2) is 0 Å². The van der Waals surface area contributed by atoms with Crippen molar-refractivity contribution in [3.05, 3.63) is 35.4 Å². The molecule has 0 radical (unpaired) electrons. The first-order valence-electron chi connectivity index (χ1n) is 9.09. The predicted molar refractivity (Wildman–Crippen MR) is 90.9 cm³/mol. The maximum absolute atomic E-state index is 12.1. The highest BCUT2D eigenvalue weighted by atomic mass is 16.4. The van der Waals surface area contributed by atoms with Crippen LogP contribution in [0.15, 0.2) is 24.3 Å². The van der Waals surface area contributed by atoms with Crippen LogP contribution in [0, 0.1) is 17.8 Å². The number of nitrogens with one attached hydrogen (secondary N) is 1. The van der Waals surface area contributed by atoms with Crippen molar-refractivity contribution in [1.29, 1.82) is 0 Å². The monoisotopic (exact) mass is 327 g/mol. The Morgan fingerprint density at radius 3 is 2.00 bits per heavy atom. The van der Waals surface area contributed by atoms with E-state index in [1.807, 2.05) is 12.1 Å². The fraction of sp³-hybridized carbons (Fsp3) is 0.600. The van der Waals surface area contributed by atoms with Crippen LogP contribution < -0.4 is 5.32 Å². The summed E-state index contributed by atoms with van der Waals surface area (Å²) in [4.78, 5) is 23.0. The van der Waals surface area contributed by atoms with Gasteiger partial charge in [-0.3, -0.25) is 9.59 Å². The minimum atomic E-state index is -1.02. The van der Waals surface area contributed by atoms with Crippen LogP contribution in [0.3, 0.4) is 0 Å². The Morgan fingerprint density at radius 1 is 1.04 bits per heavy atom. The number of benzene rings is 1. The smallest absolute Gasteiger partial charge is 0.325 e. The molecular formula is C20H25NO3. The molecule has 24 heavy (non-hydrogen) atoms. The number of carbonyl (C=O) groups excluding carboxylic acids is 1. The summed E-state index contributed by atoms with van der Waals surface area (Å²) in [5.41, 5.74) is 2.25. The van der Waals surface area contributed by atoms with E-state index >= 15 is 0 Å². The molecule has 4 aliphatic carbocycles. The second kappa shape index (κ2) is 5.61. The number of amides is 1. The van der Waals surface area contributed by atoms with E-state index < -0.39 is 12.0 Å². The Kier molecular flexibility index (Phi) is 3.66. The third kappa shape index (κ3) is 2.62. The molecule has 1 atom stereocenters. The first-order chi connectivity index (χ1) is 11.4. The van der Waals surface area contributed by atoms with Crippen LogP contribution in [0.1, 0.15) is 61.4 Å². The van der Waals surface area contributed by atoms with E-state index in [9.17, 15) is 9.59 Å². The Hall–Kier alpha value is -1.84. The molecule has 4 fully saturated rings. The first-order valence-corrected chi connectivity index (χ1v) is 9.09. The summed E-state index contributed by atoms with van der Waals surface area (Å²) in [6.45, 7) is 1.48. The van der Waals surface area contributed by atoms with Gasteiger partial charge in [-0.15, -0.1) is 0 Å². The van der Waals surface area contributed by atoms with E-state index in [2.05, 4.69) is 17.4 Å². The van der Waals surface area contributed by atoms with Crippen molar-refractivity contribution in [3.8, 4) is 0 Å². The fourth-order valence-electron chi connectivity index (χ4n) is 5.78. The van der Waals surface area contributed by atoms with Gasteiger partial charge in [0, 0.05) is 5.56 Å². The summed E-state index contributed by atoms with van der Waals surface area (Å²) in [7, 11) is 0. The lowest BCUT2D eigenvalue weighted by Gasteiger charge is -2.57. The first kappa shape index (κ1) is 15.7. The molecule has 5 rings (SSSR count). The number of hydrogen-bond acceptors (Lipinski definition) is 2. The lowest BCUT2D eigenvalue weighted by atomic mass is 9.48. The minimum absolute atomic E-state index is 0.318. The Labute approximate surface area is 142 Å². The highest BCUT2D eigenvalue weighted by molar-refractivity contribution is 5.96. The van der Waals surface area contributed by atoms with E-state index in [4.69, 9.17) is 5.11 Å². The van der Waals surface area contributed by atoms with Crippen molar-refractivity contribution in [2.75, 3.05) is 0 Å². The predicted octanol–water partition coefficient (Wildman–Crippen LogP) is 3.36. The van der Waals surface area contributed by atoms with Crippen molar-refractivity contribution in [3.63, 3.8) is 0 Å². The van der Waals surface area contributed by atoms with Crippen LogP contribution in [0.25, 0.3) is 0 Å². The van der Waals surface area contributed by atoms with Crippen molar-refractivity contribution >= 4 is 11.9 Å². The third-order valence-corrected chi connectivity index (χ3v) is 6.52. The van der Waals surface area contributed by atoms with Gasteiger partial charge in [-0.2, -0.15) is 0 Å². The molecule has 0 heterocycles. The van der Waals surface area contributed by atoms with E-state index in [1.165, 1.54) is 51.0 Å². The third-order valence-electron chi connectivity index (χ3n) is 6.52. The molecule has 4 aliphatic rings. The standard InChI is InChI=1S/C20H25NO3/c1-12(19(23)24)21-18(22)16-2-4-17(5-3-16)20-9-13-6-14(10-20)8-15(7-13)11-20/h2-5,12-15H,6-11H2,1H3,(H,21,22)(H,23,24)/t12-,13?,14?,15?,20?/m0/s1. The van der Waals surface area contributed by atoms with Gasteiger partial charge >= 0.3 is 5.97 Å². The molecule has 4 saturated carbocycles. The second-order valence-corrected chi connectivity index (χ2v) is 8.31. The Morgan fingerprint density at radius 2 is 1.54 bits per heavy atom. The molecule has 128 valence electrons. The van der Waals surface area contributed by atoms with Crippen LogP contribution in [0.2, 0.25) is 0 Å². The van der Waals surface area contributed by atoms with Crippen LogP contribution in [0.4, 0.5) is 0 Å². The number of carboxylic acid groups (broad SMARTS) is 1. The van der Waals surface area contributed by atoms with Gasteiger partial charge in [-0.25, -0.2) is 0 Å². The van der Waals surface area contributed by atoms with Crippen LogP contribution in [0.5, 0.6) is 0 Å². The minimum Gasteiger partial charge on any atom is -0.480 e. The molecule has 1 aromatic carbocycles. The van der Waals surface area contributed by atoms with Gasteiger partial charge in [0.05, 0.1) is 0 Å². The number of rotatable bonds is 4. The van der Waals surface area contributed by atoms with Crippen LogP contribution in [-0.4, -0.2) is 23.0 Å². The zero-order valence-corrected chi connectivity index (χ0v) is 14.1. The molecule has 1 amide bonds. The van der Waals surface area contributed by atoms with E-state index in [0.29, 0.717) is 11.0 Å². The average molecular weight is 327 g/mol. The van der Waals surface area contributed by atoms with Crippen LogP contribution in [-0.2, 0) is 10.2 Å². The SMILES string of the molecule is C[C@H](NC(=O)c1ccc(C23CC4CC(CC(C4)C2)C3)cc1)C(=O)O. The zero-order chi connectivity index (χ0) is 16.9. The quantitative estimate of drug-likeness (QED) is 0.891. The van der Waals surface area contributed by atoms with E-state index in [-0.39, 0.29) is 5.91 Å². The lowest BCUT2D eigenvalue weighted by molar-refractivity contribution is -0.138. The van der Waals surface area contributed by atoms with Gasteiger partial charge in [0.2, 0.25) is 0 Å². The van der Waals surface area contributed by atoms with Crippen molar-refractivity contribution in [2.45, 2.75) is 56.9 Å². The van der Waals surface area contributed by atoms with Crippen molar-refractivity contribution < 1.29 is 14.7 Å². The van der Waals surface area contributed by atoms with Crippen molar-refractivity contribution in [1.82, 2.24) is 5.32 Å². The maximum Gasteiger partial charge on any atom is 0.325 e. The molecule has 2 N–H and O–H groups in total. The molecule has 1 aromatic rings. The normalized spacial score (nSPS) is 34.8. The lowest BCUT2D eigenvalue weighted by Crippen LogP contribution is -2.48. The summed E-state index contributed by atoms with van der Waals surface area (Å²) < 4.78 is 0. The van der Waals surface area contributed by atoms with Gasteiger partial charge in [0.25, 0.3) is 5.91 Å². The molecule has 4 nitrogen and oxygen atoms in total. The molecule has 0 unspecified atom stereocenters. The van der Waals surface area contributed by atoms with Gasteiger partial charge in [-0.1, -0.05) is 12.1 Å². The van der Waals surface area contributed by atoms with Gasteiger partial charge < -0.3 is 10.4 Å².